The van der Waals surface area contributed by atoms with Crippen LogP contribution in [0.15, 0.2) is 58.3 Å². The molecule has 3 rings (SSSR count). The summed E-state index contributed by atoms with van der Waals surface area (Å²) in [5.41, 5.74) is 0.926. The average Bonchev–Trinajstić information content (AvgIpc) is 2.52. The number of rotatable bonds is 4. The molecule has 0 unspecified atom stereocenters. The quantitative estimate of drug-likeness (QED) is 0.725. The lowest BCUT2D eigenvalue weighted by molar-refractivity contribution is 0.309. The maximum absolute atomic E-state index is 13.0. The molecule has 1 aliphatic rings. The smallest absolute Gasteiger partial charge is 0.223 e. The van der Waals surface area contributed by atoms with Crippen LogP contribution in [0, 0.1) is 5.82 Å². The van der Waals surface area contributed by atoms with E-state index in [0.29, 0.717) is 0 Å². The van der Waals surface area contributed by atoms with Crippen molar-refractivity contribution >= 4 is 19.9 Å². The topological polar surface area (TPSA) is 71.5 Å². The van der Waals surface area contributed by atoms with Crippen LogP contribution in [0.5, 0.6) is 0 Å². The maximum Gasteiger partial charge on any atom is 0.243 e. The minimum atomic E-state index is -3.74. The highest BCUT2D eigenvalue weighted by Crippen LogP contribution is 2.30. The van der Waals surface area contributed by atoms with Crippen LogP contribution in [0.4, 0.5) is 4.39 Å². The highest BCUT2D eigenvalue weighted by Gasteiger charge is 2.44. The Labute approximate surface area is 159 Å². The molecule has 146 valence electrons. The number of sulfonamides is 1. The molecule has 0 aromatic heterocycles. The normalized spacial score (nSPS) is 16.9. The predicted octanol–water partition coefficient (Wildman–Crippen LogP) is 2.97. The van der Waals surface area contributed by atoms with Gasteiger partial charge in [-0.15, -0.1) is 0 Å². The number of hydrogen-bond donors (Lipinski definition) is 0. The summed E-state index contributed by atoms with van der Waals surface area (Å²) < 4.78 is 64.7. The lowest BCUT2D eigenvalue weighted by Gasteiger charge is -2.37. The van der Waals surface area contributed by atoms with Crippen molar-refractivity contribution in [2.45, 2.75) is 41.2 Å². The molecular weight excluding hydrogens is 389 g/mol. The van der Waals surface area contributed by atoms with E-state index in [1.54, 1.807) is 24.3 Å². The van der Waals surface area contributed by atoms with Crippen molar-refractivity contribution in [1.29, 1.82) is 0 Å². The second-order valence-electron chi connectivity index (χ2n) is 7.72. The van der Waals surface area contributed by atoms with Gasteiger partial charge in [0, 0.05) is 13.1 Å². The lowest BCUT2D eigenvalue weighted by Crippen LogP contribution is -2.56. The molecule has 8 heteroatoms. The number of benzene rings is 2. The summed E-state index contributed by atoms with van der Waals surface area (Å²) in [5, 5.41) is -0.827. The van der Waals surface area contributed by atoms with Gasteiger partial charge in [0.2, 0.25) is 10.0 Å². The minimum absolute atomic E-state index is 0.000443. The third kappa shape index (κ3) is 3.79. The van der Waals surface area contributed by atoms with E-state index in [1.165, 1.54) is 12.1 Å². The zero-order chi connectivity index (χ0) is 20.0. The van der Waals surface area contributed by atoms with Gasteiger partial charge in [0.1, 0.15) is 5.82 Å². The van der Waals surface area contributed by atoms with Crippen LogP contribution in [0.1, 0.15) is 26.3 Å². The van der Waals surface area contributed by atoms with Crippen molar-refractivity contribution in [3.8, 4) is 0 Å². The first kappa shape index (κ1) is 20.0. The third-order valence-electron chi connectivity index (χ3n) is 4.75. The van der Waals surface area contributed by atoms with Gasteiger partial charge in [0.25, 0.3) is 0 Å². The Morgan fingerprint density at radius 2 is 1.33 bits per heavy atom. The summed E-state index contributed by atoms with van der Waals surface area (Å²) in [6, 6.07) is 11.2. The zero-order valence-corrected chi connectivity index (χ0v) is 17.0. The Kier molecular flexibility index (Phi) is 4.95. The number of sulfone groups is 1. The molecule has 0 N–H and O–H groups in total. The minimum Gasteiger partial charge on any atom is -0.223 e. The third-order valence-corrected chi connectivity index (χ3v) is 8.70. The van der Waals surface area contributed by atoms with Gasteiger partial charge >= 0.3 is 0 Å². The van der Waals surface area contributed by atoms with Crippen molar-refractivity contribution in [2.24, 2.45) is 0 Å². The van der Waals surface area contributed by atoms with Gasteiger partial charge in [-0.25, -0.2) is 21.2 Å². The molecule has 0 saturated carbocycles. The Balaban J connectivity index is 1.75. The van der Waals surface area contributed by atoms with Gasteiger partial charge in [-0.2, -0.15) is 4.31 Å². The van der Waals surface area contributed by atoms with Crippen LogP contribution in [0.3, 0.4) is 0 Å². The van der Waals surface area contributed by atoms with Crippen molar-refractivity contribution < 1.29 is 21.2 Å². The number of halogens is 1. The Hall–Kier alpha value is -1.77. The largest absolute Gasteiger partial charge is 0.243 e. The maximum atomic E-state index is 13.0. The molecule has 1 heterocycles. The van der Waals surface area contributed by atoms with E-state index < -0.39 is 30.9 Å². The molecule has 0 amide bonds. The summed E-state index contributed by atoms with van der Waals surface area (Å²) in [5.74, 6) is -0.523. The van der Waals surface area contributed by atoms with Crippen molar-refractivity contribution in [2.75, 3.05) is 13.1 Å². The highest BCUT2D eigenvalue weighted by atomic mass is 32.2. The SMILES string of the molecule is CC(C)(C)c1ccc(S(=O)(=O)N2CC(S(=O)(=O)c3ccc(F)cc3)C2)cc1. The Morgan fingerprint density at radius 1 is 0.852 bits per heavy atom. The van der Waals surface area contributed by atoms with E-state index in [0.717, 1.165) is 22.0 Å². The average molecular weight is 412 g/mol. The van der Waals surface area contributed by atoms with Gasteiger partial charge in [-0.05, 0) is 47.4 Å². The fourth-order valence-corrected chi connectivity index (χ4v) is 6.26. The van der Waals surface area contributed by atoms with E-state index in [-0.39, 0.29) is 28.3 Å². The van der Waals surface area contributed by atoms with E-state index in [2.05, 4.69) is 0 Å². The fraction of sp³-hybridized carbons (Fsp3) is 0.368. The van der Waals surface area contributed by atoms with Crippen molar-refractivity contribution in [3.05, 3.63) is 59.9 Å². The van der Waals surface area contributed by atoms with Crippen molar-refractivity contribution in [3.63, 3.8) is 0 Å². The van der Waals surface area contributed by atoms with E-state index >= 15 is 0 Å². The summed E-state index contributed by atoms with van der Waals surface area (Å²) in [7, 11) is -7.43. The van der Waals surface area contributed by atoms with Crippen LogP contribution in [-0.2, 0) is 25.3 Å². The number of nitrogens with zero attached hydrogens (tertiary/aromatic N) is 1. The second-order valence-corrected chi connectivity index (χ2v) is 11.9. The number of hydrogen-bond acceptors (Lipinski definition) is 4. The molecule has 0 aliphatic carbocycles. The fourth-order valence-electron chi connectivity index (χ4n) is 2.89. The first-order valence-corrected chi connectivity index (χ1v) is 11.5. The summed E-state index contributed by atoms with van der Waals surface area (Å²) in [6.45, 7) is 5.90. The summed E-state index contributed by atoms with van der Waals surface area (Å²) in [4.78, 5) is 0.147. The molecule has 0 bridgehead atoms. The van der Waals surface area contributed by atoms with Gasteiger partial charge in [0.05, 0.1) is 15.0 Å². The molecule has 0 radical (unpaired) electrons. The standard InChI is InChI=1S/C19H22FNO4S2/c1-19(2,3)14-4-8-17(9-5-14)27(24,25)21-12-18(13-21)26(22,23)16-10-6-15(20)7-11-16/h4-11,18H,12-13H2,1-3H3. The van der Waals surface area contributed by atoms with E-state index in [9.17, 15) is 21.2 Å². The molecular formula is C19H22FNO4S2. The van der Waals surface area contributed by atoms with Gasteiger partial charge in [0.15, 0.2) is 9.84 Å². The molecule has 0 atom stereocenters. The first-order chi connectivity index (χ1) is 12.4. The molecule has 1 fully saturated rings. The van der Waals surface area contributed by atoms with E-state index in [4.69, 9.17) is 0 Å². The second kappa shape index (κ2) is 6.68. The molecule has 0 spiro atoms. The zero-order valence-electron chi connectivity index (χ0n) is 15.4. The summed E-state index contributed by atoms with van der Waals surface area (Å²) >= 11 is 0. The van der Waals surface area contributed by atoms with Gasteiger partial charge in [-0.3, -0.25) is 0 Å². The molecule has 27 heavy (non-hydrogen) atoms. The molecule has 2 aromatic carbocycles. The Bertz CT molecular complexity index is 1030. The molecule has 2 aromatic rings. The van der Waals surface area contributed by atoms with Crippen LogP contribution in [-0.4, -0.2) is 39.5 Å². The molecule has 1 saturated heterocycles. The van der Waals surface area contributed by atoms with Crippen LogP contribution in [0.25, 0.3) is 0 Å². The van der Waals surface area contributed by atoms with Crippen LogP contribution >= 0.6 is 0 Å². The summed E-state index contributed by atoms with van der Waals surface area (Å²) in [6.07, 6.45) is 0. The van der Waals surface area contributed by atoms with Crippen molar-refractivity contribution in [1.82, 2.24) is 4.31 Å². The molecule has 1 aliphatic heterocycles. The first-order valence-electron chi connectivity index (χ1n) is 8.52. The van der Waals surface area contributed by atoms with Crippen LogP contribution < -0.4 is 0 Å². The predicted molar refractivity (Wildman–Crippen MR) is 101 cm³/mol. The Morgan fingerprint density at radius 3 is 1.81 bits per heavy atom. The lowest BCUT2D eigenvalue weighted by atomic mass is 9.87. The highest BCUT2D eigenvalue weighted by molar-refractivity contribution is 7.92. The monoisotopic (exact) mass is 411 g/mol. The molecule has 5 nitrogen and oxygen atoms in total. The van der Waals surface area contributed by atoms with Gasteiger partial charge < -0.3 is 0 Å². The van der Waals surface area contributed by atoms with Gasteiger partial charge in [-0.1, -0.05) is 32.9 Å². The van der Waals surface area contributed by atoms with Crippen LogP contribution in [0.2, 0.25) is 0 Å². The van der Waals surface area contributed by atoms with E-state index in [1.807, 2.05) is 20.8 Å².